The van der Waals surface area contributed by atoms with Crippen molar-refractivity contribution in [2.75, 3.05) is 48.5 Å². The molecule has 6 bridgehead atoms. The number of aromatic hydroxyl groups is 1. The number of fused-ring (bicyclic) bond motifs is 2. The Kier molecular flexibility index (Phi) is 7.71. The average Bonchev–Trinajstić information content (AvgIpc) is 3.05. The van der Waals surface area contributed by atoms with Gasteiger partial charge in [0.05, 0.1) is 21.3 Å². The molecular formula is C37H40N2O6. The molecule has 0 saturated carbocycles. The van der Waals surface area contributed by atoms with E-state index in [-0.39, 0.29) is 17.8 Å². The maximum absolute atomic E-state index is 11.4. The molecule has 2 atom stereocenters. The van der Waals surface area contributed by atoms with Crippen LogP contribution in [0.15, 0.2) is 60.7 Å². The molecule has 4 aromatic rings. The summed E-state index contributed by atoms with van der Waals surface area (Å²) in [6.45, 7) is 1.81. The second kappa shape index (κ2) is 11.8. The average molecular weight is 609 g/mol. The number of nitrogens with zero attached hydrogens (tertiary/aromatic N) is 2. The van der Waals surface area contributed by atoms with Gasteiger partial charge in [0, 0.05) is 30.7 Å². The first-order chi connectivity index (χ1) is 21.9. The summed E-state index contributed by atoms with van der Waals surface area (Å²) < 4.78 is 30.4. The van der Waals surface area contributed by atoms with Gasteiger partial charge in [-0.15, -0.1) is 0 Å². The Balaban J connectivity index is 1.42. The van der Waals surface area contributed by atoms with Crippen LogP contribution in [-0.2, 0) is 25.7 Å². The van der Waals surface area contributed by atoms with Crippen molar-refractivity contribution in [2.24, 2.45) is 0 Å². The molecule has 0 saturated heterocycles. The second-order valence-corrected chi connectivity index (χ2v) is 12.3. The Hall–Kier alpha value is -4.40. The van der Waals surface area contributed by atoms with Gasteiger partial charge in [0.1, 0.15) is 5.75 Å². The number of phenolic OH excluding ortho intramolecular Hbond substituents is 1. The third kappa shape index (κ3) is 5.32. The molecule has 0 aromatic heterocycles. The van der Waals surface area contributed by atoms with E-state index in [1.54, 1.807) is 21.3 Å². The molecule has 234 valence electrons. The molecular weight excluding hydrogens is 568 g/mol. The van der Waals surface area contributed by atoms with Crippen molar-refractivity contribution in [3.63, 3.8) is 0 Å². The monoisotopic (exact) mass is 608 g/mol. The first kappa shape index (κ1) is 29.3. The van der Waals surface area contributed by atoms with E-state index in [9.17, 15) is 5.11 Å². The molecule has 0 spiro atoms. The summed E-state index contributed by atoms with van der Waals surface area (Å²) >= 11 is 0. The lowest BCUT2D eigenvalue weighted by Crippen LogP contribution is -2.34. The molecule has 4 aliphatic heterocycles. The lowest BCUT2D eigenvalue weighted by atomic mass is 9.87. The summed E-state index contributed by atoms with van der Waals surface area (Å²) in [4.78, 5) is 4.72. The van der Waals surface area contributed by atoms with E-state index in [1.165, 1.54) is 16.7 Å². The summed E-state index contributed by atoms with van der Waals surface area (Å²) in [5, 5.41) is 11.4. The zero-order valence-corrected chi connectivity index (χ0v) is 26.6. The lowest BCUT2D eigenvalue weighted by molar-refractivity contribution is 0.222. The number of methoxy groups -OCH3 is 3. The maximum atomic E-state index is 11.4. The Morgan fingerprint density at radius 3 is 2.02 bits per heavy atom. The molecule has 4 aliphatic rings. The van der Waals surface area contributed by atoms with E-state index in [0.717, 1.165) is 49.0 Å². The predicted molar refractivity (Wildman–Crippen MR) is 173 cm³/mol. The van der Waals surface area contributed by atoms with Crippen LogP contribution >= 0.6 is 0 Å². The lowest BCUT2D eigenvalue weighted by Gasteiger charge is -2.36. The highest BCUT2D eigenvalue weighted by Gasteiger charge is 2.33. The third-order valence-electron chi connectivity index (χ3n) is 9.66. The fraction of sp³-hybridized carbons (Fsp3) is 0.351. The van der Waals surface area contributed by atoms with E-state index < -0.39 is 0 Å². The summed E-state index contributed by atoms with van der Waals surface area (Å²) in [6.07, 6.45) is 3.24. The van der Waals surface area contributed by atoms with Crippen molar-refractivity contribution in [2.45, 2.75) is 37.8 Å². The van der Waals surface area contributed by atoms with Gasteiger partial charge < -0.3 is 28.8 Å². The highest BCUT2D eigenvalue weighted by atomic mass is 16.5. The summed E-state index contributed by atoms with van der Waals surface area (Å²) in [5.74, 6) is 4.17. The van der Waals surface area contributed by atoms with Crippen molar-refractivity contribution in [3.05, 3.63) is 94.0 Å². The molecule has 0 radical (unpaired) electrons. The van der Waals surface area contributed by atoms with Gasteiger partial charge in [-0.2, -0.15) is 0 Å². The minimum atomic E-state index is -0.0606. The molecule has 8 nitrogen and oxygen atoms in total. The topological polar surface area (TPSA) is 72.9 Å². The number of hydrogen-bond donors (Lipinski definition) is 1. The number of benzene rings is 4. The molecule has 0 amide bonds. The normalized spacial score (nSPS) is 19.4. The van der Waals surface area contributed by atoms with Crippen LogP contribution in [0.4, 0.5) is 0 Å². The summed E-state index contributed by atoms with van der Waals surface area (Å²) in [6, 6.07) is 20.6. The molecule has 4 aromatic carbocycles. The SMILES string of the molecule is COc1ccc2cc1Oc1cc3c(cc1OC)CCN(C)[C@H]3Cc1ccc(cc1)Oc1c(O)c(OC)cc3c1[C@H](C2)N(C)CC3. The Bertz CT molecular complexity index is 1740. The minimum absolute atomic E-state index is 0.00993. The van der Waals surface area contributed by atoms with Gasteiger partial charge in [-0.3, -0.25) is 9.80 Å². The first-order valence-electron chi connectivity index (χ1n) is 15.5. The Morgan fingerprint density at radius 1 is 0.667 bits per heavy atom. The quantitative estimate of drug-likeness (QED) is 0.271. The number of rotatable bonds is 3. The molecule has 0 aliphatic carbocycles. The van der Waals surface area contributed by atoms with Gasteiger partial charge in [-0.25, -0.2) is 0 Å². The van der Waals surface area contributed by atoms with Crippen LogP contribution in [0.5, 0.6) is 46.0 Å². The van der Waals surface area contributed by atoms with E-state index in [1.807, 2.05) is 24.3 Å². The highest BCUT2D eigenvalue weighted by Crippen LogP contribution is 2.50. The standard InChI is InChI=1S/C37H40N2O6/c1-38-14-12-24-19-31(42-4)33-21-27(24)28(38)16-22-6-9-26(10-7-22)44-37-35-25(20-34(43-5)36(37)40)13-15-39(2)29(35)17-23-8-11-30(41-3)32(18-23)45-33/h6-11,18-21,28-29,40H,12-17H2,1-5H3/t28-,29-/m0/s1. The fourth-order valence-corrected chi connectivity index (χ4v) is 7.10. The van der Waals surface area contributed by atoms with Crippen LogP contribution in [0.25, 0.3) is 0 Å². The molecule has 4 heterocycles. The van der Waals surface area contributed by atoms with Crippen molar-refractivity contribution in [3.8, 4) is 46.0 Å². The number of phenols is 1. The second-order valence-electron chi connectivity index (χ2n) is 12.3. The number of hydrogen-bond acceptors (Lipinski definition) is 8. The van der Waals surface area contributed by atoms with Crippen LogP contribution in [0.2, 0.25) is 0 Å². The van der Waals surface area contributed by atoms with Crippen molar-refractivity contribution in [1.29, 1.82) is 0 Å². The smallest absolute Gasteiger partial charge is 0.201 e. The summed E-state index contributed by atoms with van der Waals surface area (Å²) in [7, 11) is 9.22. The van der Waals surface area contributed by atoms with Crippen LogP contribution in [0, 0.1) is 0 Å². The summed E-state index contributed by atoms with van der Waals surface area (Å²) in [5.41, 5.74) is 6.84. The van der Waals surface area contributed by atoms with E-state index in [2.05, 4.69) is 60.3 Å². The predicted octanol–water partition coefficient (Wildman–Crippen LogP) is 6.86. The largest absolute Gasteiger partial charge is 0.502 e. The molecule has 8 rings (SSSR count). The Morgan fingerprint density at radius 2 is 1.29 bits per heavy atom. The van der Waals surface area contributed by atoms with Crippen LogP contribution < -0.4 is 23.7 Å². The van der Waals surface area contributed by atoms with Crippen molar-refractivity contribution >= 4 is 0 Å². The van der Waals surface area contributed by atoms with Crippen LogP contribution in [0.1, 0.15) is 45.5 Å². The maximum Gasteiger partial charge on any atom is 0.201 e. The highest BCUT2D eigenvalue weighted by molar-refractivity contribution is 5.62. The van der Waals surface area contributed by atoms with Gasteiger partial charge in [0.2, 0.25) is 5.75 Å². The van der Waals surface area contributed by atoms with E-state index in [0.29, 0.717) is 46.7 Å². The van der Waals surface area contributed by atoms with Crippen molar-refractivity contribution in [1.82, 2.24) is 9.80 Å². The minimum Gasteiger partial charge on any atom is -0.502 e. The zero-order valence-electron chi connectivity index (χ0n) is 26.6. The molecule has 0 fully saturated rings. The fourth-order valence-electron chi connectivity index (χ4n) is 7.10. The van der Waals surface area contributed by atoms with Crippen LogP contribution in [0.3, 0.4) is 0 Å². The van der Waals surface area contributed by atoms with Crippen molar-refractivity contribution < 1.29 is 28.8 Å². The zero-order chi connectivity index (χ0) is 31.2. The molecule has 45 heavy (non-hydrogen) atoms. The molecule has 0 unspecified atom stereocenters. The van der Waals surface area contributed by atoms with Crippen LogP contribution in [-0.4, -0.2) is 63.4 Å². The first-order valence-corrected chi connectivity index (χ1v) is 15.5. The number of likely N-dealkylation sites (N-methyl/N-ethyl adjacent to an activating group) is 2. The van der Waals surface area contributed by atoms with E-state index >= 15 is 0 Å². The van der Waals surface area contributed by atoms with E-state index in [4.69, 9.17) is 23.7 Å². The molecule has 8 heteroatoms. The van der Waals surface area contributed by atoms with Gasteiger partial charge >= 0.3 is 0 Å². The van der Waals surface area contributed by atoms with Gasteiger partial charge in [0.15, 0.2) is 34.5 Å². The Labute approximate surface area is 264 Å². The molecule has 1 N–H and O–H groups in total. The third-order valence-corrected chi connectivity index (χ3v) is 9.66. The van der Waals surface area contributed by atoms with Gasteiger partial charge in [-0.05, 0) is 110 Å². The van der Waals surface area contributed by atoms with Gasteiger partial charge in [-0.1, -0.05) is 18.2 Å². The van der Waals surface area contributed by atoms with Gasteiger partial charge in [0.25, 0.3) is 0 Å². The number of ether oxygens (including phenoxy) is 5.